The predicted molar refractivity (Wildman–Crippen MR) is 61.2 cm³/mol. The molecule has 1 aromatic rings. The first-order valence-corrected chi connectivity index (χ1v) is 5.76. The normalized spacial score (nSPS) is 21.1. The number of aliphatic hydroxyl groups excluding tert-OH is 1. The fraction of sp³-hybridized carbons (Fsp3) is 0.583. The number of nitrogens with one attached hydrogen (secondary N) is 1. The van der Waals surface area contributed by atoms with Gasteiger partial charge in [0.05, 0.1) is 5.56 Å². The van der Waals surface area contributed by atoms with E-state index < -0.39 is 0 Å². The Balaban J connectivity index is 2.07. The van der Waals surface area contributed by atoms with Crippen molar-refractivity contribution in [3.8, 4) is 0 Å². The van der Waals surface area contributed by atoms with Crippen LogP contribution in [0.4, 0.5) is 0 Å². The lowest BCUT2D eigenvalue weighted by atomic mass is 9.98. The van der Waals surface area contributed by atoms with Gasteiger partial charge >= 0.3 is 0 Å². The van der Waals surface area contributed by atoms with E-state index in [2.05, 4.69) is 4.98 Å². The van der Waals surface area contributed by atoms with Crippen molar-refractivity contribution >= 4 is 5.91 Å². The fourth-order valence-corrected chi connectivity index (χ4v) is 2.25. The molecule has 1 unspecified atom stereocenters. The second-order valence-corrected chi connectivity index (χ2v) is 4.46. The second-order valence-electron chi connectivity index (χ2n) is 4.46. The van der Waals surface area contributed by atoms with Crippen LogP contribution in [0.2, 0.25) is 0 Å². The van der Waals surface area contributed by atoms with Crippen LogP contribution in [-0.2, 0) is 0 Å². The van der Waals surface area contributed by atoms with Crippen LogP contribution >= 0.6 is 0 Å². The van der Waals surface area contributed by atoms with Gasteiger partial charge in [0.15, 0.2) is 0 Å². The molecule has 2 rings (SSSR count). The van der Waals surface area contributed by atoms with Crippen molar-refractivity contribution in [3.63, 3.8) is 0 Å². The number of amides is 1. The molecule has 1 aliphatic heterocycles. The molecule has 1 amide bonds. The highest BCUT2D eigenvalue weighted by atomic mass is 16.3. The van der Waals surface area contributed by atoms with Gasteiger partial charge in [-0.15, -0.1) is 0 Å². The monoisotopic (exact) mass is 222 g/mol. The Kier molecular flexibility index (Phi) is 3.29. The molecule has 0 radical (unpaired) electrons. The van der Waals surface area contributed by atoms with Crippen molar-refractivity contribution in [1.29, 1.82) is 0 Å². The lowest BCUT2D eigenvalue weighted by Gasteiger charge is -2.31. The molecule has 2 N–H and O–H groups in total. The Hall–Kier alpha value is -1.29. The number of aryl methyl sites for hydroxylation is 1. The molecule has 16 heavy (non-hydrogen) atoms. The third kappa shape index (κ3) is 2.11. The van der Waals surface area contributed by atoms with E-state index in [1.807, 2.05) is 17.9 Å². The van der Waals surface area contributed by atoms with Crippen molar-refractivity contribution in [3.05, 3.63) is 23.5 Å². The van der Waals surface area contributed by atoms with Gasteiger partial charge < -0.3 is 15.0 Å². The third-order valence-corrected chi connectivity index (χ3v) is 3.25. The predicted octanol–water partition coefficient (Wildman–Crippen LogP) is 1.17. The summed E-state index contributed by atoms with van der Waals surface area (Å²) in [5, 5.41) is 9.13. The number of aliphatic hydroxyl groups is 1. The summed E-state index contributed by atoms with van der Waals surface area (Å²) in [6.07, 6.45) is 3.79. The van der Waals surface area contributed by atoms with Crippen LogP contribution in [-0.4, -0.2) is 40.6 Å². The van der Waals surface area contributed by atoms with Crippen molar-refractivity contribution in [2.45, 2.75) is 19.8 Å². The Labute approximate surface area is 95.3 Å². The van der Waals surface area contributed by atoms with Crippen LogP contribution in [0.25, 0.3) is 0 Å². The number of hydrogen-bond donors (Lipinski definition) is 2. The molecule has 0 bridgehead atoms. The zero-order chi connectivity index (χ0) is 11.5. The molecule has 1 saturated heterocycles. The first-order chi connectivity index (χ1) is 7.72. The maximum absolute atomic E-state index is 12.2. The topological polar surface area (TPSA) is 56.3 Å². The summed E-state index contributed by atoms with van der Waals surface area (Å²) in [6.45, 7) is 3.57. The van der Waals surface area contributed by atoms with Gasteiger partial charge in [-0.3, -0.25) is 4.79 Å². The van der Waals surface area contributed by atoms with Gasteiger partial charge in [0.25, 0.3) is 5.91 Å². The molecular weight excluding hydrogens is 204 g/mol. The van der Waals surface area contributed by atoms with Gasteiger partial charge in [0.1, 0.15) is 0 Å². The highest BCUT2D eigenvalue weighted by molar-refractivity contribution is 5.95. The molecule has 1 fully saturated rings. The number of hydrogen-bond acceptors (Lipinski definition) is 2. The molecule has 88 valence electrons. The molecule has 4 heteroatoms. The van der Waals surface area contributed by atoms with Crippen molar-refractivity contribution in [2.24, 2.45) is 5.92 Å². The number of carbonyl (C=O) groups is 1. The largest absolute Gasteiger partial charge is 0.396 e. The fourth-order valence-electron chi connectivity index (χ4n) is 2.25. The smallest absolute Gasteiger partial charge is 0.255 e. The molecule has 0 aromatic carbocycles. The van der Waals surface area contributed by atoms with E-state index in [0.29, 0.717) is 6.54 Å². The molecule has 0 spiro atoms. The third-order valence-electron chi connectivity index (χ3n) is 3.25. The lowest BCUT2D eigenvalue weighted by Crippen LogP contribution is -2.41. The van der Waals surface area contributed by atoms with Gasteiger partial charge in [0, 0.05) is 31.6 Å². The summed E-state index contributed by atoms with van der Waals surface area (Å²) in [4.78, 5) is 17.0. The maximum Gasteiger partial charge on any atom is 0.255 e. The lowest BCUT2D eigenvalue weighted by molar-refractivity contribution is 0.0620. The van der Waals surface area contributed by atoms with Crippen LogP contribution in [0, 0.1) is 12.8 Å². The van der Waals surface area contributed by atoms with E-state index in [0.717, 1.165) is 30.6 Å². The van der Waals surface area contributed by atoms with Gasteiger partial charge in [-0.05, 0) is 31.7 Å². The first kappa shape index (κ1) is 11.2. The number of carbonyl (C=O) groups excluding carboxylic acids is 1. The van der Waals surface area contributed by atoms with Crippen LogP contribution in [0.3, 0.4) is 0 Å². The zero-order valence-corrected chi connectivity index (χ0v) is 9.57. The first-order valence-electron chi connectivity index (χ1n) is 5.76. The standard InChI is InChI=1S/C12H18N2O2/c1-9-11(4-5-13-9)12(16)14-6-2-3-10(7-14)8-15/h4-5,10,13,15H,2-3,6-8H2,1H3. The average Bonchev–Trinajstić information content (AvgIpc) is 2.74. The number of piperidine rings is 1. The number of nitrogens with zero attached hydrogens (tertiary/aromatic N) is 1. The summed E-state index contributed by atoms with van der Waals surface area (Å²) in [7, 11) is 0. The van der Waals surface area contributed by atoms with E-state index >= 15 is 0 Å². The number of likely N-dealkylation sites (tertiary alicyclic amines) is 1. The minimum Gasteiger partial charge on any atom is -0.396 e. The Morgan fingerprint density at radius 3 is 3.12 bits per heavy atom. The molecule has 0 saturated carbocycles. The molecule has 1 atom stereocenters. The number of H-pyrrole nitrogens is 1. The molecular formula is C12H18N2O2. The van der Waals surface area contributed by atoms with Crippen LogP contribution in [0.1, 0.15) is 28.9 Å². The Morgan fingerprint density at radius 1 is 1.69 bits per heavy atom. The number of rotatable bonds is 2. The average molecular weight is 222 g/mol. The van der Waals surface area contributed by atoms with Gasteiger partial charge in [0.2, 0.25) is 0 Å². The zero-order valence-electron chi connectivity index (χ0n) is 9.57. The van der Waals surface area contributed by atoms with E-state index in [1.54, 1.807) is 6.20 Å². The van der Waals surface area contributed by atoms with Crippen molar-refractivity contribution in [2.75, 3.05) is 19.7 Å². The molecule has 1 aliphatic rings. The summed E-state index contributed by atoms with van der Waals surface area (Å²) >= 11 is 0. The van der Waals surface area contributed by atoms with E-state index in [4.69, 9.17) is 5.11 Å². The maximum atomic E-state index is 12.2. The van der Waals surface area contributed by atoms with Gasteiger partial charge in [-0.2, -0.15) is 0 Å². The summed E-state index contributed by atoms with van der Waals surface area (Å²) in [6, 6.07) is 1.82. The van der Waals surface area contributed by atoms with Gasteiger partial charge in [-0.25, -0.2) is 0 Å². The Morgan fingerprint density at radius 2 is 2.50 bits per heavy atom. The molecule has 4 nitrogen and oxygen atoms in total. The van der Waals surface area contributed by atoms with E-state index in [-0.39, 0.29) is 18.4 Å². The molecule has 1 aromatic heterocycles. The summed E-state index contributed by atoms with van der Waals surface area (Å²) in [5.41, 5.74) is 1.66. The molecule has 0 aliphatic carbocycles. The second kappa shape index (κ2) is 4.70. The number of aromatic nitrogens is 1. The van der Waals surface area contributed by atoms with E-state index in [1.165, 1.54) is 0 Å². The Bertz CT molecular complexity index is 373. The van der Waals surface area contributed by atoms with Crippen LogP contribution in [0.5, 0.6) is 0 Å². The van der Waals surface area contributed by atoms with E-state index in [9.17, 15) is 4.79 Å². The number of aromatic amines is 1. The van der Waals surface area contributed by atoms with Crippen LogP contribution in [0.15, 0.2) is 12.3 Å². The van der Waals surface area contributed by atoms with Crippen molar-refractivity contribution in [1.82, 2.24) is 9.88 Å². The minimum absolute atomic E-state index is 0.0805. The van der Waals surface area contributed by atoms with Crippen LogP contribution < -0.4 is 0 Å². The summed E-state index contributed by atoms with van der Waals surface area (Å²) < 4.78 is 0. The SMILES string of the molecule is Cc1[nH]ccc1C(=O)N1CCCC(CO)C1. The minimum atomic E-state index is 0.0805. The summed E-state index contributed by atoms with van der Waals surface area (Å²) in [5.74, 6) is 0.328. The van der Waals surface area contributed by atoms with Crippen molar-refractivity contribution < 1.29 is 9.90 Å². The highest BCUT2D eigenvalue weighted by Gasteiger charge is 2.24. The highest BCUT2D eigenvalue weighted by Crippen LogP contribution is 2.19. The quantitative estimate of drug-likeness (QED) is 0.789. The molecule has 2 heterocycles. The van der Waals surface area contributed by atoms with Gasteiger partial charge in [-0.1, -0.05) is 0 Å².